The zero-order valence-electron chi connectivity index (χ0n) is 7.65. The maximum Gasteiger partial charge on any atom is 0.322 e. The highest BCUT2D eigenvalue weighted by atomic mass is 19.1. The molecule has 4 nitrogen and oxygen atoms in total. The van der Waals surface area contributed by atoms with Crippen LogP contribution in [0.2, 0.25) is 0 Å². The average Bonchev–Trinajstić information content (AvgIpc) is 2.15. The molecule has 0 saturated carbocycles. The Hall–Kier alpha value is -1.53. The Bertz CT molecular complexity index is 384. The molecule has 0 radical (unpaired) electrons. The van der Waals surface area contributed by atoms with Gasteiger partial charge in [0.15, 0.2) is 0 Å². The lowest BCUT2D eigenvalue weighted by molar-refractivity contribution is -0.139. The summed E-state index contributed by atoms with van der Waals surface area (Å²) < 4.78 is 25.7. The standard InChI is InChI=1S/C9H10F2N2O2/c10-4-1-2-5(6(11)3-4)7(12)8(13)9(14)15/h1-3,7-8H,12-13H2,(H,14,15). The van der Waals surface area contributed by atoms with Gasteiger partial charge in [0.25, 0.3) is 0 Å². The van der Waals surface area contributed by atoms with Gasteiger partial charge in [0, 0.05) is 11.6 Å². The van der Waals surface area contributed by atoms with Crippen molar-refractivity contribution in [2.45, 2.75) is 12.1 Å². The minimum atomic E-state index is -1.43. The van der Waals surface area contributed by atoms with Crippen molar-refractivity contribution in [3.63, 3.8) is 0 Å². The van der Waals surface area contributed by atoms with Crippen molar-refractivity contribution < 1.29 is 18.7 Å². The number of carbonyl (C=O) groups is 1. The number of hydrogen-bond acceptors (Lipinski definition) is 3. The van der Waals surface area contributed by atoms with Gasteiger partial charge in [-0.2, -0.15) is 0 Å². The van der Waals surface area contributed by atoms with Gasteiger partial charge >= 0.3 is 5.97 Å². The molecule has 0 aliphatic carbocycles. The number of hydrogen-bond donors (Lipinski definition) is 3. The largest absolute Gasteiger partial charge is 0.480 e. The highest BCUT2D eigenvalue weighted by molar-refractivity contribution is 5.74. The van der Waals surface area contributed by atoms with E-state index in [1.807, 2.05) is 0 Å². The number of carboxylic acids is 1. The van der Waals surface area contributed by atoms with Crippen molar-refractivity contribution in [3.05, 3.63) is 35.4 Å². The second-order valence-electron chi connectivity index (χ2n) is 3.06. The molecule has 0 amide bonds. The summed E-state index contributed by atoms with van der Waals surface area (Å²) in [6.07, 6.45) is 0. The molecule has 2 unspecified atom stereocenters. The number of rotatable bonds is 3. The number of benzene rings is 1. The molecule has 6 heteroatoms. The SMILES string of the molecule is NC(C(=O)O)C(N)c1ccc(F)cc1F. The van der Waals surface area contributed by atoms with Crippen LogP contribution < -0.4 is 11.5 Å². The zero-order chi connectivity index (χ0) is 11.6. The Morgan fingerprint density at radius 3 is 2.40 bits per heavy atom. The molecule has 0 aliphatic rings. The van der Waals surface area contributed by atoms with Crippen molar-refractivity contribution in [2.75, 3.05) is 0 Å². The van der Waals surface area contributed by atoms with Gasteiger partial charge in [0.1, 0.15) is 17.7 Å². The Labute approximate surface area is 84.5 Å². The number of aliphatic carboxylic acids is 1. The fourth-order valence-corrected chi connectivity index (χ4v) is 1.12. The summed E-state index contributed by atoms with van der Waals surface area (Å²) in [4.78, 5) is 10.5. The van der Waals surface area contributed by atoms with Crippen LogP contribution in [-0.4, -0.2) is 17.1 Å². The molecule has 1 rings (SSSR count). The third kappa shape index (κ3) is 2.48. The molecule has 0 bridgehead atoms. The Balaban J connectivity index is 3.01. The highest BCUT2D eigenvalue weighted by Gasteiger charge is 2.24. The summed E-state index contributed by atoms with van der Waals surface area (Å²) in [7, 11) is 0. The molecule has 0 spiro atoms. The van der Waals surface area contributed by atoms with E-state index in [1.54, 1.807) is 0 Å². The highest BCUT2D eigenvalue weighted by Crippen LogP contribution is 2.18. The van der Waals surface area contributed by atoms with Crippen LogP contribution in [0, 0.1) is 11.6 Å². The topological polar surface area (TPSA) is 89.3 Å². The lowest BCUT2D eigenvalue weighted by atomic mass is 10.0. The van der Waals surface area contributed by atoms with Gasteiger partial charge in [-0.05, 0) is 6.07 Å². The van der Waals surface area contributed by atoms with E-state index in [2.05, 4.69) is 0 Å². The van der Waals surface area contributed by atoms with Gasteiger partial charge in [-0.3, -0.25) is 4.79 Å². The fraction of sp³-hybridized carbons (Fsp3) is 0.222. The molecule has 2 atom stereocenters. The number of carboxylic acid groups (broad SMARTS) is 1. The minimum Gasteiger partial charge on any atom is -0.480 e. The van der Waals surface area contributed by atoms with E-state index in [0.29, 0.717) is 6.07 Å². The van der Waals surface area contributed by atoms with Crippen LogP contribution in [0.5, 0.6) is 0 Å². The van der Waals surface area contributed by atoms with E-state index in [4.69, 9.17) is 16.6 Å². The maximum absolute atomic E-state index is 13.2. The summed E-state index contributed by atoms with van der Waals surface area (Å²) in [6.45, 7) is 0. The lowest BCUT2D eigenvalue weighted by Gasteiger charge is -2.16. The van der Waals surface area contributed by atoms with Gasteiger partial charge in [-0.25, -0.2) is 8.78 Å². The third-order valence-corrected chi connectivity index (χ3v) is 1.99. The predicted molar refractivity (Wildman–Crippen MR) is 48.9 cm³/mol. The van der Waals surface area contributed by atoms with Crippen molar-refractivity contribution in [1.29, 1.82) is 0 Å². The second kappa shape index (κ2) is 4.33. The molecule has 5 N–H and O–H groups in total. The van der Waals surface area contributed by atoms with Crippen molar-refractivity contribution in [1.82, 2.24) is 0 Å². The molecule has 0 aliphatic heterocycles. The van der Waals surface area contributed by atoms with Gasteiger partial charge in [0.2, 0.25) is 0 Å². The molecule has 0 fully saturated rings. The number of nitrogens with two attached hydrogens (primary N) is 2. The Kier molecular flexibility index (Phi) is 3.33. The zero-order valence-corrected chi connectivity index (χ0v) is 7.65. The molecular weight excluding hydrogens is 206 g/mol. The van der Waals surface area contributed by atoms with Crippen LogP contribution in [0.4, 0.5) is 8.78 Å². The molecule has 82 valence electrons. The molecule has 0 saturated heterocycles. The first-order chi connectivity index (χ1) is 6.93. The lowest BCUT2D eigenvalue weighted by Crippen LogP contribution is -2.41. The molecule has 1 aromatic carbocycles. The van der Waals surface area contributed by atoms with E-state index in [1.165, 1.54) is 0 Å². The first kappa shape index (κ1) is 11.5. The summed E-state index contributed by atoms with van der Waals surface area (Å²) in [6, 6.07) is 0.0717. The summed E-state index contributed by atoms with van der Waals surface area (Å²) >= 11 is 0. The summed E-state index contributed by atoms with van der Waals surface area (Å²) in [5.41, 5.74) is 10.5. The van der Waals surface area contributed by atoms with Crippen LogP contribution >= 0.6 is 0 Å². The monoisotopic (exact) mass is 216 g/mol. The van der Waals surface area contributed by atoms with Crippen LogP contribution in [0.3, 0.4) is 0 Å². The van der Waals surface area contributed by atoms with E-state index >= 15 is 0 Å². The van der Waals surface area contributed by atoms with Crippen LogP contribution in [0.15, 0.2) is 18.2 Å². The number of halogens is 2. The van der Waals surface area contributed by atoms with Crippen molar-refractivity contribution >= 4 is 5.97 Å². The molecule has 15 heavy (non-hydrogen) atoms. The molecule has 0 heterocycles. The van der Waals surface area contributed by atoms with E-state index < -0.39 is 29.7 Å². The summed E-state index contributed by atoms with van der Waals surface area (Å²) in [5, 5.41) is 8.56. The van der Waals surface area contributed by atoms with Crippen LogP contribution in [-0.2, 0) is 4.79 Å². The summed E-state index contributed by atoms with van der Waals surface area (Å²) in [5.74, 6) is -3.00. The van der Waals surface area contributed by atoms with E-state index in [9.17, 15) is 13.6 Å². The first-order valence-electron chi connectivity index (χ1n) is 4.12. The molecule has 1 aromatic rings. The van der Waals surface area contributed by atoms with Gasteiger partial charge in [-0.1, -0.05) is 6.07 Å². The predicted octanol–water partition coefficient (Wildman–Crippen LogP) is 0.376. The quantitative estimate of drug-likeness (QED) is 0.681. The first-order valence-corrected chi connectivity index (χ1v) is 4.12. The van der Waals surface area contributed by atoms with Gasteiger partial charge in [-0.15, -0.1) is 0 Å². The maximum atomic E-state index is 13.2. The third-order valence-electron chi connectivity index (χ3n) is 1.99. The van der Waals surface area contributed by atoms with Crippen molar-refractivity contribution in [2.24, 2.45) is 11.5 Å². The Morgan fingerprint density at radius 2 is 1.93 bits per heavy atom. The average molecular weight is 216 g/mol. The normalized spacial score (nSPS) is 14.7. The van der Waals surface area contributed by atoms with Crippen molar-refractivity contribution in [3.8, 4) is 0 Å². The second-order valence-corrected chi connectivity index (χ2v) is 3.06. The van der Waals surface area contributed by atoms with Crippen LogP contribution in [0.1, 0.15) is 11.6 Å². The smallest absolute Gasteiger partial charge is 0.322 e. The van der Waals surface area contributed by atoms with Gasteiger partial charge in [0.05, 0.1) is 6.04 Å². The molecule has 0 aromatic heterocycles. The Morgan fingerprint density at radius 1 is 1.33 bits per heavy atom. The fourth-order valence-electron chi connectivity index (χ4n) is 1.12. The van der Waals surface area contributed by atoms with E-state index in [-0.39, 0.29) is 5.56 Å². The van der Waals surface area contributed by atoms with E-state index in [0.717, 1.165) is 12.1 Å². The molecular formula is C9H10F2N2O2. The van der Waals surface area contributed by atoms with Gasteiger partial charge < -0.3 is 16.6 Å². The minimum absolute atomic E-state index is 0.119. The van der Waals surface area contributed by atoms with Crippen LogP contribution in [0.25, 0.3) is 0 Å².